The Morgan fingerprint density at radius 1 is 1.38 bits per heavy atom. The molecule has 0 radical (unpaired) electrons. The van der Waals surface area contributed by atoms with Crippen LogP contribution >= 0.6 is 0 Å². The van der Waals surface area contributed by atoms with Gasteiger partial charge in [-0.2, -0.15) is 0 Å². The zero-order chi connectivity index (χ0) is 11.3. The van der Waals surface area contributed by atoms with Crippen molar-refractivity contribution in [3.05, 3.63) is 17.2 Å². The summed E-state index contributed by atoms with van der Waals surface area (Å²) in [6.07, 6.45) is 0. The van der Waals surface area contributed by atoms with Crippen molar-refractivity contribution in [2.24, 2.45) is 0 Å². The first-order valence-corrected chi connectivity index (χ1v) is 5.03. The summed E-state index contributed by atoms with van der Waals surface area (Å²) in [6.45, 7) is 1.01. The van der Waals surface area contributed by atoms with Gasteiger partial charge >= 0.3 is 0 Å². The molecule has 0 saturated heterocycles. The number of carbonyl (C=O) groups excluding carboxylic acids is 1. The number of nitrogens with zero attached hydrogens (tertiary/aromatic N) is 1. The molecule has 0 unspecified atom stereocenters. The number of phenols is 1. The summed E-state index contributed by atoms with van der Waals surface area (Å²) in [7, 11) is 1.84. The first kappa shape index (κ1) is 9.47. The Kier molecular flexibility index (Phi) is 1.85. The van der Waals surface area contributed by atoms with E-state index in [4.69, 9.17) is 9.47 Å². The number of benzene rings is 1. The fourth-order valence-electron chi connectivity index (χ4n) is 2.13. The molecular formula is C11H11NO4. The molecule has 1 aromatic carbocycles. The SMILES string of the molecule is CN1CC(=O)c2cc3c(c(O)c2C1)OCO3. The predicted octanol–water partition coefficient (Wildman–Crippen LogP) is 0.749. The first-order valence-electron chi connectivity index (χ1n) is 5.03. The van der Waals surface area contributed by atoms with Gasteiger partial charge in [0.05, 0.1) is 6.54 Å². The Morgan fingerprint density at radius 2 is 2.19 bits per heavy atom. The highest BCUT2D eigenvalue weighted by molar-refractivity contribution is 6.01. The smallest absolute Gasteiger partial charge is 0.231 e. The van der Waals surface area contributed by atoms with Gasteiger partial charge in [0, 0.05) is 17.7 Å². The van der Waals surface area contributed by atoms with Gasteiger partial charge in [-0.15, -0.1) is 0 Å². The maximum atomic E-state index is 11.8. The zero-order valence-electron chi connectivity index (χ0n) is 8.82. The van der Waals surface area contributed by atoms with Crippen LogP contribution in [0.1, 0.15) is 15.9 Å². The summed E-state index contributed by atoms with van der Waals surface area (Å²) in [4.78, 5) is 13.7. The van der Waals surface area contributed by atoms with Crippen LogP contribution in [0.3, 0.4) is 0 Å². The zero-order valence-corrected chi connectivity index (χ0v) is 8.82. The monoisotopic (exact) mass is 221 g/mol. The normalized spacial score (nSPS) is 18.7. The van der Waals surface area contributed by atoms with E-state index in [9.17, 15) is 9.90 Å². The standard InChI is InChI=1S/C11H11NO4/c1-12-3-7-6(8(13)4-12)2-9-11(10(7)14)16-5-15-9/h2,14H,3-5H2,1H3. The van der Waals surface area contributed by atoms with E-state index in [-0.39, 0.29) is 18.3 Å². The maximum Gasteiger partial charge on any atom is 0.231 e. The second-order valence-electron chi connectivity index (χ2n) is 4.08. The van der Waals surface area contributed by atoms with Gasteiger partial charge in [-0.05, 0) is 13.1 Å². The summed E-state index contributed by atoms with van der Waals surface area (Å²) >= 11 is 0. The molecule has 5 nitrogen and oxygen atoms in total. The minimum absolute atomic E-state index is 0.00245. The Balaban J connectivity index is 2.22. The molecule has 0 saturated carbocycles. The quantitative estimate of drug-likeness (QED) is 0.700. The van der Waals surface area contributed by atoms with Crippen LogP contribution in [-0.2, 0) is 6.54 Å². The number of hydrogen-bond donors (Lipinski definition) is 1. The maximum absolute atomic E-state index is 11.8. The fraction of sp³-hybridized carbons (Fsp3) is 0.364. The van der Waals surface area contributed by atoms with Crippen LogP contribution < -0.4 is 9.47 Å². The highest BCUT2D eigenvalue weighted by atomic mass is 16.7. The van der Waals surface area contributed by atoms with E-state index in [0.29, 0.717) is 35.7 Å². The lowest BCUT2D eigenvalue weighted by Gasteiger charge is -2.24. The third-order valence-corrected chi connectivity index (χ3v) is 2.88. The van der Waals surface area contributed by atoms with E-state index in [1.807, 2.05) is 11.9 Å². The second-order valence-corrected chi connectivity index (χ2v) is 4.08. The lowest BCUT2D eigenvalue weighted by Crippen LogP contribution is -2.31. The number of hydrogen-bond acceptors (Lipinski definition) is 5. The molecule has 0 bridgehead atoms. The van der Waals surface area contributed by atoms with Crippen LogP contribution in [0.25, 0.3) is 0 Å². The predicted molar refractivity (Wildman–Crippen MR) is 54.9 cm³/mol. The molecule has 3 rings (SSSR count). The molecule has 0 fully saturated rings. The lowest BCUT2D eigenvalue weighted by atomic mass is 9.97. The summed E-state index contributed by atoms with van der Waals surface area (Å²) in [5.41, 5.74) is 1.17. The topological polar surface area (TPSA) is 59.0 Å². The number of rotatable bonds is 0. The van der Waals surface area contributed by atoms with Crippen molar-refractivity contribution in [1.82, 2.24) is 4.90 Å². The van der Waals surface area contributed by atoms with Crippen LogP contribution in [0.2, 0.25) is 0 Å². The summed E-state index contributed by atoms with van der Waals surface area (Å²) < 4.78 is 10.3. The largest absolute Gasteiger partial charge is 0.504 e. The molecule has 2 aliphatic heterocycles. The molecule has 5 heteroatoms. The number of aromatic hydroxyl groups is 1. The minimum atomic E-state index is -0.00245. The Hall–Kier alpha value is -1.75. The van der Waals surface area contributed by atoms with E-state index in [1.165, 1.54) is 0 Å². The first-order chi connectivity index (χ1) is 7.66. The molecule has 16 heavy (non-hydrogen) atoms. The summed E-state index contributed by atoms with van der Waals surface area (Å²) in [5.74, 6) is 0.832. The lowest BCUT2D eigenvalue weighted by molar-refractivity contribution is 0.0920. The van der Waals surface area contributed by atoms with Gasteiger partial charge in [0.15, 0.2) is 17.3 Å². The van der Waals surface area contributed by atoms with Crippen molar-refractivity contribution in [1.29, 1.82) is 0 Å². The Morgan fingerprint density at radius 3 is 3.00 bits per heavy atom. The third kappa shape index (κ3) is 1.18. The van der Waals surface area contributed by atoms with Crippen LogP contribution in [-0.4, -0.2) is 36.2 Å². The number of fused-ring (bicyclic) bond motifs is 2. The molecular weight excluding hydrogens is 210 g/mol. The highest BCUT2D eigenvalue weighted by Gasteiger charge is 2.30. The number of Topliss-reactive ketones (excluding diaryl/α,β-unsaturated/α-hetero) is 1. The number of ether oxygens (including phenoxy) is 2. The van der Waals surface area contributed by atoms with E-state index in [1.54, 1.807) is 6.07 Å². The van der Waals surface area contributed by atoms with E-state index in [0.717, 1.165) is 0 Å². The van der Waals surface area contributed by atoms with Gasteiger partial charge in [-0.25, -0.2) is 0 Å². The van der Waals surface area contributed by atoms with E-state index < -0.39 is 0 Å². The van der Waals surface area contributed by atoms with Gasteiger partial charge in [0.1, 0.15) is 0 Å². The average molecular weight is 221 g/mol. The van der Waals surface area contributed by atoms with Gasteiger partial charge in [0.2, 0.25) is 12.5 Å². The van der Waals surface area contributed by atoms with Gasteiger partial charge in [-0.3, -0.25) is 9.69 Å². The molecule has 2 aliphatic rings. The highest BCUT2D eigenvalue weighted by Crippen LogP contribution is 2.45. The number of phenolic OH excluding ortho intramolecular Hbond substituents is 1. The van der Waals surface area contributed by atoms with Crippen molar-refractivity contribution in [3.63, 3.8) is 0 Å². The minimum Gasteiger partial charge on any atom is -0.504 e. The molecule has 0 aliphatic carbocycles. The third-order valence-electron chi connectivity index (χ3n) is 2.88. The van der Waals surface area contributed by atoms with Crippen LogP contribution in [0.4, 0.5) is 0 Å². The Bertz CT molecular complexity index is 483. The van der Waals surface area contributed by atoms with Crippen molar-refractivity contribution in [2.75, 3.05) is 20.4 Å². The molecule has 0 spiro atoms. The number of ketones is 1. The number of likely N-dealkylation sites (N-methyl/N-ethyl adjacent to an activating group) is 1. The van der Waals surface area contributed by atoms with Crippen molar-refractivity contribution < 1.29 is 19.4 Å². The molecule has 0 aromatic heterocycles. The van der Waals surface area contributed by atoms with E-state index in [2.05, 4.69) is 0 Å². The van der Waals surface area contributed by atoms with Crippen LogP contribution in [0.15, 0.2) is 6.07 Å². The molecule has 0 atom stereocenters. The van der Waals surface area contributed by atoms with Crippen molar-refractivity contribution >= 4 is 5.78 Å². The fourth-order valence-corrected chi connectivity index (χ4v) is 2.13. The van der Waals surface area contributed by atoms with Crippen LogP contribution in [0.5, 0.6) is 17.2 Å². The summed E-state index contributed by atoms with van der Waals surface area (Å²) in [6, 6.07) is 1.66. The molecule has 2 heterocycles. The van der Waals surface area contributed by atoms with Gasteiger partial charge < -0.3 is 14.6 Å². The van der Waals surface area contributed by atoms with E-state index >= 15 is 0 Å². The number of carbonyl (C=O) groups is 1. The van der Waals surface area contributed by atoms with Gasteiger partial charge in [-0.1, -0.05) is 0 Å². The molecule has 1 N–H and O–H groups in total. The second kappa shape index (κ2) is 3.12. The average Bonchev–Trinajstić information content (AvgIpc) is 2.68. The Labute approximate surface area is 92.2 Å². The van der Waals surface area contributed by atoms with Crippen molar-refractivity contribution in [3.8, 4) is 17.2 Å². The van der Waals surface area contributed by atoms with Gasteiger partial charge in [0.25, 0.3) is 0 Å². The summed E-state index contributed by atoms with van der Waals surface area (Å²) in [5, 5.41) is 10.0. The molecule has 1 aromatic rings. The molecule has 0 amide bonds. The van der Waals surface area contributed by atoms with Crippen molar-refractivity contribution in [2.45, 2.75) is 6.54 Å². The molecule has 84 valence electrons. The van der Waals surface area contributed by atoms with Crippen LogP contribution in [0, 0.1) is 0 Å².